The van der Waals surface area contributed by atoms with E-state index < -0.39 is 29.2 Å². The lowest BCUT2D eigenvalue weighted by molar-refractivity contribution is -0.150. The van der Waals surface area contributed by atoms with Crippen LogP contribution < -0.4 is 10.6 Å². The molecule has 2 atom stereocenters. The van der Waals surface area contributed by atoms with Crippen molar-refractivity contribution in [3.8, 4) is 12.3 Å². The summed E-state index contributed by atoms with van der Waals surface area (Å²) in [5.74, 6) is 0.378. The first-order chi connectivity index (χ1) is 18.7. The van der Waals surface area contributed by atoms with E-state index in [1.54, 1.807) is 13.8 Å². The normalized spacial score (nSPS) is 18.8. The standard InChI is InChI=1S/C21H21N9O6S3/c1-4-5-29-21(25-27-28-29)39-7-11-6-37-18-14(17(33)30(18)15(11)19(34)35)24-16(32)13(26-36-10(2)3)12-8-38-20(23-12)22-9-31/h1,8-10,14,18H,5-7H2,2-3H3,(H,24,32)(H,34,35)(H,22,23,31)/t14?,18-/m1/s1. The highest BCUT2D eigenvalue weighted by atomic mass is 32.2. The van der Waals surface area contributed by atoms with Crippen LogP contribution in [-0.4, -0.2) is 94.1 Å². The van der Waals surface area contributed by atoms with Crippen molar-refractivity contribution in [3.63, 3.8) is 0 Å². The van der Waals surface area contributed by atoms with Crippen molar-refractivity contribution in [2.75, 3.05) is 16.8 Å². The minimum atomic E-state index is -1.26. The zero-order chi connectivity index (χ0) is 28.1. The number of thiazole rings is 1. The fourth-order valence-electron chi connectivity index (χ4n) is 3.50. The third-order valence-corrected chi connectivity index (χ3v) is 8.31. The fourth-order valence-corrected chi connectivity index (χ4v) is 6.52. The van der Waals surface area contributed by atoms with Crippen molar-refractivity contribution in [3.05, 3.63) is 22.3 Å². The number of hydrogen-bond donors (Lipinski definition) is 3. The Morgan fingerprint density at radius 3 is 2.95 bits per heavy atom. The molecule has 2 aliphatic rings. The molecule has 39 heavy (non-hydrogen) atoms. The highest BCUT2D eigenvalue weighted by molar-refractivity contribution is 8.01. The third-order valence-electron chi connectivity index (χ3n) is 5.15. The van der Waals surface area contributed by atoms with Crippen LogP contribution in [0.15, 0.2) is 27.0 Å². The summed E-state index contributed by atoms with van der Waals surface area (Å²) in [4.78, 5) is 59.7. The van der Waals surface area contributed by atoms with Gasteiger partial charge in [0.25, 0.3) is 11.8 Å². The molecule has 0 aromatic carbocycles. The quantitative estimate of drug-likeness (QED) is 0.0747. The summed E-state index contributed by atoms with van der Waals surface area (Å²) in [6, 6.07) is -0.996. The van der Waals surface area contributed by atoms with Crippen LogP contribution in [0.3, 0.4) is 0 Å². The first-order valence-corrected chi connectivity index (χ1v) is 14.1. The molecule has 15 nitrogen and oxygen atoms in total. The SMILES string of the molecule is C#CCn1nnnc1SCC1=C(C(=O)O)N2C(=O)C(NC(=O)C(=NOC(C)C)c3csc(NC=O)n3)[C@H]2SC1. The van der Waals surface area contributed by atoms with Gasteiger partial charge in [0.2, 0.25) is 11.6 Å². The van der Waals surface area contributed by atoms with Gasteiger partial charge in [0, 0.05) is 16.9 Å². The molecule has 18 heteroatoms. The average molecular weight is 592 g/mol. The maximum absolute atomic E-state index is 13.2. The number of terminal acetylenes is 1. The van der Waals surface area contributed by atoms with Crippen LogP contribution in [0, 0.1) is 12.3 Å². The molecule has 4 rings (SSSR count). The number of thioether (sulfide) groups is 2. The molecule has 0 saturated carbocycles. The summed E-state index contributed by atoms with van der Waals surface area (Å²) in [6.07, 6.45) is 5.42. The zero-order valence-corrected chi connectivity index (χ0v) is 22.9. The smallest absolute Gasteiger partial charge is 0.352 e. The largest absolute Gasteiger partial charge is 0.477 e. The zero-order valence-electron chi connectivity index (χ0n) is 20.4. The molecule has 0 spiro atoms. The lowest BCUT2D eigenvalue weighted by Crippen LogP contribution is -2.71. The Labute approximate surface area is 233 Å². The summed E-state index contributed by atoms with van der Waals surface area (Å²) in [6.45, 7) is 3.60. The van der Waals surface area contributed by atoms with E-state index in [4.69, 9.17) is 11.3 Å². The predicted octanol–water partition coefficient (Wildman–Crippen LogP) is -0.00890. The summed E-state index contributed by atoms with van der Waals surface area (Å²) in [5, 5.41) is 31.6. The summed E-state index contributed by atoms with van der Waals surface area (Å²) >= 11 is 3.59. The van der Waals surface area contributed by atoms with Crippen LogP contribution in [0.25, 0.3) is 0 Å². The Morgan fingerprint density at radius 1 is 1.46 bits per heavy atom. The number of carbonyl (C=O) groups excluding carboxylic acids is 3. The minimum Gasteiger partial charge on any atom is -0.477 e. The van der Waals surface area contributed by atoms with E-state index in [0.29, 0.717) is 22.9 Å². The molecule has 1 unspecified atom stereocenters. The van der Waals surface area contributed by atoms with Gasteiger partial charge in [-0.15, -0.1) is 34.6 Å². The number of nitrogens with zero attached hydrogens (tertiary/aromatic N) is 7. The number of rotatable bonds is 12. The van der Waals surface area contributed by atoms with Gasteiger partial charge >= 0.3 is 5.97 Å². The van der Waals surface area contributed by atoms with E-state index in [2.05, 4.69) is 42.2 Å². The molecule has 2 aliphatic heterocycles. The van der Waals surface area contributed by atoms with Crippen molar-refractivity contribution in [1.82, 2.24) is 35.4 Å². The van der Waals surface area contributed by atoms with E-state index in [1.165, 1.54) is 33.6 Å². The van der Waals surface area contributed by atoms with Gasteiger partial charge in [-0.2, -0.15) is 0 Å². The van der Waals surface area contributed by atoms with Gasteiger partial charge in [0.15, 0.2) is 10.8 Å². The van der Waals surface area contributed by atoms with Crippen molar-refractivity contribution in [2.24, 2.45) is 5.16 Å². The topological polar surface area (TPSA) is 194 Å². The second-order valence-corrected chi connectivity index (χ2v) is 11.0. The van der Waals surface area contributed by atoms with Crippen molar-refractivity contribution >= 4 is 69.9 Å². The molecule has 3 N–H and O–H groups in total. The lowest BCUT2D eigenvalue weighted by atomic mass is 10.0. The van der Waals surface area contributed by atoms with Crippen molar-refractivity contribution in [2.45, 2.75) is 43.1 Å². The Kier molecular flexibility index (Phi) is 8.83. The third kappa shape index (κ3) is 6.05. The molecule has 1 fully saturated rings. The molecule has 0 radical (unpaired) electrons. The van der Waals surface area contributed by atoms with Crippen molar-refractivity contribution < 1.29 is 29.1 Å². The molecule has 1 saturated heterocycles. The number of oxime groups is 1. The lowest BCUT2D eigenvalue weighted by Gasteiger charge is -2.49. The van der Waals surface area contributed by atoms with Crippen LogP contribution in [0.2, 0.25) is 0 Å². The molecule has 0 bridgehead atoms. The Bertz CT molecular complexity index is 1400. The number of hydrogen-bond acceptors (Lipinski definition) is 13. The number of carboxylic acid groups (broad SMARTS) is 1. The number of fused-ring (bicyclic) bond motifs is 1. The molecule has 4 heterocycles. The maximum atomic E-state index is 13.2. The van der Waals surface area contributed by atoms with E-state index >= 15 is 0 Å². The highest BCUT2D eigenvalue weighted by Crippen LogP contribution is 2.41. The maximum Gasteiger partial charge on any atom is 0.352 e. The number of β-lactam (4-membered cyclic amide) rings is 1. The monoisotopic (exact) mass is 591 g/mol. The van der Waals surface area contributed by atoms with Gasteiger partial charge in [-0.3, -0.25) is 19.3 Å². The number of anilines is 1. The number of nitrogens with one attached hydrogen (secondary N) is 2. The molecule has 2 aromatic rings. The van der Waals surface area contributed by atoms with Gasteiger partial charge in [-0.1, -0.05) is 22.8 Å². The average Bonchev–Trinajstić information content (AvgIpc) is 3.55. The van der Waals surface area contributed by atoms with Gasteiger partial charge in [0.05, 0.1) is 0 Å². The van der Waals surface area contributed by atoms with Crippen molar-refractivity contribution in [1.29, 1.82) is 0 Å². The second-order valence-electron chi connectivity index (χ2n) is 8.12. The van der Waals surface area contributed by atoms with Crippen LogP contribution in [0.5, 0.6) is 0 Å². The van der Waals surface area contributed by atoms with E-state index in [9.17, 15) is 24.3 Å². The number of amides is 3. The van der Waals surface area contributed by atoms with Gasteiger partial charge in [-0.05, 0) is 29.8 Å². The first kappa shape index (κ1) is 28.1. The minimum absolute atomic E-state index is 0.139. The van der Waals surface area contributed by atoms with Gasteiger partial charge in [0.1, 0.15) is 35.5 Å². The highest BCUT2D eigenvalue weighted by Gasteiger charge is 2.54. The first-order valence-electron chi connectivity index (χ1n) is 11.2. The summed E-state index contributed by atoms with van der Waals surface area (Å²) in [7, 11) is 0. The predicted molar refractivity (Wildman–Crippen MR) is 142 cm³/mol. The molecule has 204 valence electrons. The molecule has 2 aromatic heterocycles. The van der Waals surface area contributed by atoms with Gasteiger partial charge < -0.3 is 20.6 Å². The van der Waals surface area contributed by atoms with Crippen LogP contribution in [0.4, 0.5) is 5.13 Å². The van der Waals surface area contributed by atoms with Crippen LogP contribution in [-0.2, 0) is 30.6 Å². The van der Waals surface area contributed by atoms with E-state index in [1.807, 2.05) is 0 Å². The van der Waals surface area contributed by atoms with E-state index in [-0.39, 0.29) is 40.6 Å². The van der Waals surface area contributed by atoms with Gasteiger partial charge in [-0.25, -0.2) is 14.5 Å². The summed E-state index contributed by atoms with van der Waals surface area (Å²) < 4.78 is 1.41. The molecular formula is C21H21N9O6S3. The molecular weight excluding hydrogens is 570 g/mol. The molecule has 0 aliphatic carbocycles. The number of aliphatic carboxylic acids is 1. The fraction of sp³-hybridized carbons (Fsp3) is 0.381. The number of aromatic nitrogens is 5. The van der Waals surface area contributed by atoms with Crippen LogP contribution in [0.1, 0.15) is 19.5 Å². The number of carbonyl (C=O) groups is 4. The number of tetrazole rings is 1. The van der Waals surface area contributed by atoms with E-state index in [0.717, 1.165) is 16.2 Å². The summed E-state index contributed by atoms with van der Waals surface area (Å²) in [5.41, 5.74) is 0.313. The number of carboxylic acids is 1. The Morgan fingerprint density at radius 2 is 2.26 bits per heavy atom. The van der Waals surface area contributed by atoms with Crippen LogP contribution >= 0.6 is 34.9 Å². The second kappa shape index (κ2) is 12.3. The Balaban J connectivity index is 1.50. The molecule has 3 amide bonds. The Hall–Kier alpha value is -3.95.